The maximum absolute atomic E-state index is 12.9. The molecule has 162 valence electrons. The molecule has 1 aromatic heterocycles. The number of nitrogens with one attached hydrogen (secondary N) is 2. The minimum absolute atomic E-state index is 0.0231. The van der Waals surface area contributed by atoms with Crippen molar-refractivity contribution >= 4 is 22.7 Å². The fourth-order valence-electron chi connectivity index (χ4n) is 4.20. The van der Waals surface area contributed by atoms with E-state index in [0.717, 1.165) is 35.2 Å². The topological polar surface area (TPSA) is 74.4 Å². The van der Waals surface area contributed by atoms with E-state index in [9.17, 15) is 9.59 Å². The highest BCUT2D eigenvalue weighted by Crippen LogP contribution is 2.25. The van der Waals surface area contributed by atoms with Crippen LogP contribution >= 0.6 is 0 Å². The molecule has 2 amide bonds. The predicted octanol–water partition coefficient (Wildman–Crippen LogP) is 4.22. The maximum Gasteiger partial charge on any atom is 0.253 e. The molecule has 2 aromatic carbocycles. The fourth-order valence-corrected chi connectivity index (χ4v) is 4.20. The number of fused-ring (bicyclic) bond motifs is 1. The quantitative estimate of drug-likeness (QED) is 0.650. The molecule has 0 unspecified atom stereocenters. The molecular formula is C25H29N3O3. The van der Waals surface area contributed by atoms with Gasteiger partial charge in [0, 0.05) is 35.8 Å². The number of carbonyl (C=O) groups excluding carboxylic acids is 2. The lowest BCUT2D eigenvalue weighted by Crippen LogP contribution is -2.46. The number of amides is 2. The lowest BCUT2D eigenvalue weighted by molar-refractivity contribution is 0.0698. The van der Waals surface area contributed by atoms with Crippen LogP contribution in [0.15, 0.2) is 42.5 Å². The van der Waals surface area contributed by atoms with Crippen LogP contribution in [0.25, 0.3) is 10.9 Å². The van der Waals surface area contributed by atoms with Crippen LogP contribution in [0.4, 0.5) is 0 Å². The van der Waals surface area contributed by atoms with E-state index >= 15 is 0 Å². The van der Waals surface area contributed by atoms with Gasteiger partial charge in [0.1, 0.15) is 5.75 Å². The summed E-state index contributed by atoms with van der Waals surface area (Å²) in [5, 5.41) is 4.25. The molecule has 0 atom stereocenters. The molecule has 0 radical (unpaired) electrons. The SMILES string of the molecule is CCOc1ccc(C(=O)N2CCC(NC(=O)c3cccc4c(C)c(C)[nH]c34)CC2)cc1. The summed E-state index contributed by atoms with van der Waals surface area (Å²) in [6.45, 7) is 7.87. The molecule has 2 heterocycles. The first-order valence-corrected chi connectivity index (χ1v) is 10.9. The Morgan fingerprint density at radius 2 is 1.81 bits per heavy atom. The van der Waals surface area contributed by atoms with Crippen LogP contribution in [-0.2, 0) is 0 Å². The van der Waals surface area contributed by atoms with Gasteiger partial charge in [0.25, 0.3) is 11.8 Å². The molecule has 1 fully saturated rings. The van der Waals surface area contributed by atoms with Crippen LogP contribution in [0.1, 0.15) is 51.7 Å². The largest absolute Gasteiger partial charge is 0.494 e. The lowest BCUT2D eigenvalue weighted by atomic mass is 10.0. The lowest BCUT2D eigenvalue weighted by Gasteiger charge is -2.32. The van der Waals surface area contributed by atoms with Gasteiger partial charge in [0.05, 0.1) is 17.7 Å². The monoisotopic (exact) mass is 419 g/mol. The van der Waals surface area contributed by atoms with Crippen molar-refractivity contribution in [2.24, 2.45) is 0 Å². The fraction of sp³-hybridized carbons (Fsp3) is 0.360. The van der Waals surface area contributed by atoms with Crippen molar-refractivity contribution in [3.05, 3.63) is 64.8 Å². The Labute approximate surface area is 182 Å². The van der Waals surface area contributed by atoms with Gasteiger partial charge < -0.3 is 19.9 Å². The average molecular weight is 420 g/mol. The average Bonchev–Trinajstić information content (AvgIpc) is 3.08. The number of likely N-dealkylation sites (tertiary alicyclic amines) is 1. The second kappa shape index (κ2) is 8.84. The number of nitrogens with zero attached hydrogens (tertiary/aromatic N) is 1. The molecule has 1 saturated heterocycles. The smallest absolute Gasteiger partial charge is 0.253 e. The maximum atomic E-state index is 12.9. The summed E-state index contributed by atoms with van der Waals surface area (Å²) in [6, 6.07) is 13.2. The summed E-state index contributed by atoms with van der Waals surface area (Å²) in [4.78, 5) is 30.9. The molecule has 31 heavy (non-hydrogen) atoms. The summed E-state index contributed by atoms with van der Waals surface area (Å²) < 4.78 is 5.44. The third-order valence-corrected chi connectivity index (χ3v) is 6.12. The van der Waals surface area contributed by atoms with E-state index in [-0.39, 0.29) is 17.9 Å². The number of carbonyl (C=O) groups is 2. The highest BCUT2D eigenvalue weighted by atomic mass is 16.5. The number of hydrogen-bond donors (Lipinski definition) is 2. The summed E-state index contributed by atoms with van der Waals surface area (Å²) in [7, 11) is 0. The zero-order valence-corrected chi connectivity index (χ0v) is 18.3. The Morgan fingerprint density at radius 1 is 1.10 bits per heavy atom. The molecule has 3 aromatic rings. The van der Waals surface area contributed by atoms with Gasteiger partial charge >= 0.3 is 0 Å². The van der Waals surface area contributed by atoms with E-state index in [1.807, 2.05) is 61.2 Å². The summed E-state index contributed by atoms with van der Waals surface area (Å²) in [5.74, 6) is 0.723. The van der Waals surface area contributed by atoms with E-state index < -0.39 is 0 Å². The first-order valence-electron chi connectivity index (χ1n) is 10.9. The van der Waals surface area contributed by atoms with Crippen LogP contribution in [0.3, 0.4) is 0 Å². The Morgan fingerprint density at radius 3 is 2.48 bits per heavy atom. The van der Waals surface area contributed by atoms with E-state index in [4.69, 9.17) is 4.74 Å². The third-order valence-electron chi connectivity index (χ3n) is 6.12. The zero-order valence-electron chi connectivity index (χ0n) is 18.3. The second-order valence-electron chi connectivity index (χ2n) is 8.10. The van der Waals surface area contributed by atoms with Gasteiger partial charge in [0.15, 0.2) is 0 Å². The van der Waals surface area contributed by atoms with Crippen LogP contribution in [0, 0.1) is 13.8 Å². The zero-order chi connectivity index (χ0) is 22.0. The number of aromatic amines is 1. The predicted molar refractivity (Wildman–Crippen MR) is 122 cm³/mol. The van der Waals surface area contributed by atoms with Crippen LogP contribution in [0.2, 0.25) is 0 Å². The first kappa shape index (κ1) is 21.0. The van der Waals surface area contributed by atoms with Crippen LogP contribution in [-0.4, -0.2) is 47.4 Å². The Bertz CT molecular complexity index is 1090. The van der Waals surface area contributed by atoms with Gasteiger partial charge in [-0.25, -0.2) is 0 Å². The van der Waals surface area contributed by atoms with Crippen molar-refractivity contribution < 1.29 is 14.3 Å². The molecule has 2 N–H and O–H groups in total. The molecule has 1 aliphatic rings. The van der Waals surface area contributed by atoms with Gasteiger partial charge in [-0.2, -0.15) is 0 Å². The number of para-hydroxylation sites is 1. The van der Waals surface area contributed by atoms with Gasteiger partial charge in [0.2, 0.25) is 0 Å². The number of H-pyrrole nitrogens is 1. The van der Waals surface area contributed by atoms with E-state index in [0.29, 0.717) is 30.8 Å². The molecule has 6 heteroatoms. The van der Waals surface area contributed by atoms with Gasteiger partial charge in [-0.15, -0.1) is 0 Å². The number of hydrogen-bond acceptors (Lipinski definition) is 3. The number of rotatable bonds is 5. The van der Waals surface area contributed by atoms with Crippen molar-refractivity contribution in [1.82, 2.24) is 15.2 Å². The van der Waals surface area contributed by atoms with E-state index in [2.05, 4.69) is 17.2 Å². The normalized spacial score (nSPS) is 14.6. The molecule has 1 aliphatic heterocycles. The molecular weight excluding hydrogens is 390 g/mol. The highest BCUT2D eigenvalue weighted by molar-refractivity contribution is 6.06. The molecule has 0 spiro atoms. The second-order valence-corrected chi connectivity index (χ2v) is 8.10. The number of aromatic nitrogens is 1. The van der Waals surface area contributed by atoms with E-state index in [1.54, 1.807) is 0 Å². The number of piperidine rings is 1. The number of ether oxygens (including phenoxy) is 1. The Balaban J connectivity index is 1.36. The van der Waals surface area contributed by atoms with Gasteiger partial charge in [-0.3, -0.25) is 9.59 Å². The number of aryl methyl sites for hydroxylation is 2. The summed E-state index contributed by atoms with van der Waals surface area (Å²) >= 11 is 0. The summed E-state index contributed by atoms with van der Waals surface area (Å²) in [6.07, 6.45) is 1.49. The molecule has 6 nitrogen and oxygen atoms in total. The van der Waals surface area contributed by atoms with Crippen molar-refractivity contribution in [3.8, 4) is 5.75 Å². The Hall–Kier alpha value is -3.28. The summed E-state index contributed by atoms with van der Waals surface area (Å²) in [5.41, 5.74) is 4.47. The van der Waals surface area contributed by atoms with Crippen molar-refractivity contribution in [2.75, 3.05) is 19.7 Å². The van der Waals surface area contributed by atoms with Crippen molar-refractivity contribution in [1.29, 1.82) is 0 Å². The third kappa shape index (κ3) is 4.29. The molecule has 0 saturated carbocycles. The van der Waals surface area contributed by atoms with Crippen molar-refractivity contribution in [3.63, 3.8) is 0 Å². The van der Waals surface area contributed by atoms with Gasteiger partial charge in [-0.05, 0) is 69.5 Å². The minimum atomic E-state index is -0.0665. The van der Waals surface area contributed by atoms with E-state index in [1.165, 1.54) is 5.56 Å². The molecule has 0 aliphatic carbocycles. The van der Waals surface area contributed by atoms with Gasteiger partial charge in [-0.1, -0.05) is 12.1 Å². The minimum Gasteiger partial charge on any atom is -0.494 e. The van der Waals surface area contributed by atoms with Crippen LogP contribution in [0.5, 0.6) is 5.75 Å². The first-order chi connectivity index (χ1) is 15.0. The molecule has 0 bridgehead atoms. The Kier molecular flexibility index (Phi) is 5.98. The number of benzene rings is 2. The standard InChI is InChI=1S/C25H29N3O3/c1-4-31-20-10-8-18(9-11-20)25(30)28-14-12-19(13-15-28)27-24(29)22-7-5-6-21-16(2)17(3)26-23(21)22/h5-11,19,26H,4,12-15H2,1-3H3,(H,27,29). The molecule has 4 rings (SSSR count). The van der Waals surface area contributed by atoms with Crippen molar-refractivity contribution in [2.45, 2.75) is 39.7 Å². The highest BCUT2D eigenvalue weighted by Gasteiger charge is 2.25. The van der Waals surface area contributed by atoms with Crippen LogP contribution < -0.4 is 10.1 Å².